The second-order valence-corrected chi connectivity index (χ2v) is 7.00. The Balaban J connectivity index is 1.67. The largest absolute Gasteiger partial charge is 0.360 e. The van der Waals surface area contributed by atoms with Crippen LogP contribution in [0.4, 0.5) is 5.69 Å². The van der Waals surface area contributed by atoms with Crippen molar-refractivity contribution in [3.63, 3.8) is 0 Å². The number of hydrogen-bond acceptors (Lipinski definition) is 5. The number of ketones is 1. The number of piperazine rings is 1. The summed E-state index contributed by atoms with van der Waals surface area (Å²) in [6, 6.07) is 9.69. The van der Waals surface area contributed by atoms with Gasteiger partial charge in [0.15, 0.2) is 12.5 Å². The SMILES string of the molecule is CC(=O)c1ccc(N2CC[NH+](Cn3nc(C)c(C)c(C#N)c3=O)CC2)cc1. The molecule has 1 aliphatic heterocycles. The molecule has 140 valence electrons. The van der Waals surface area contributed by atoms with Gasteiger partial charge in [0.1, 0.15) is 11.6 Å². The Morgan fingerprint density at radius 1 is 1.22 bits per heavy atom. The molecule has 0 bridgehead atoms. The lowest BCUT2D eigenvalue weighted by molar-refractivity contribution is -0.924. The summed E-state index contributed by atoms with van der Waals surface area (Å²) in [7, 11) is 0. The molecule has 1 saturated heterocycles. The van der Waals surface area contributed by atoms with Crippen molar-refractivity contribution in [1.82, 2.24) is 9.78 Å². The van der Waals surface area contributed by atoms with Crippen LogP contribution in [0.5, 0.6) is 0 Å². The Hall–Kier alpha value is -2.98. The Morgan fingerprint density at radius 3 is 2.41 bits per heavy atom. The zero-order valence-electron chi connectivity index (χ0n) is 16.0. The van der Waals surface area contributed by atoms with Gasteiger partial charge in [0.05, 0.1) is 31.9 Å². The molecule has 1 aromatic heterocycles. The van der Waals surface area contributed by atoms with Crippen LogP contribution < -0.4 is 15.4 Å². The summed E-state index contributed by atoms with van der Waals surface area (Å²) in [6.45, 7) is 9.08. The van der Waals surface area contributed by atoms with Crippen LogP contribution in [0.3, 0.4) is 0 Å². The minimum absolute atomic E-state index is 0.0684. The van der Waals surface area contributed by atoms with Gasteiger partial charge in [0.25, 0.3) is 5.56 Å². The van der Waals surface area contributed by atoms with E-state index in [1.807, 2.05) is 37.3 Å². The number of nitrogens with zero attached hydrogens (tertiary/aromatic N) is 4. The van der Waals surface area contributed by atoms with Crippen LogP contribution >= 0.6 is 0 Å². The van der Waals surface area contributed by atoms with Crippen molar-refractivity contribution in [1.29, 1.82) is 5.26 Å². The minimum Gasteiger partial charge on any atom is -0.360 e. The first kappa shape index (κ1) is 18.8. The van der Waals surface area contributed by atoms with E-state index in [2.05, 4.69) is 10.00 Å². The number of carbonyl (C=O) groups is 1. The third-order valence-corrected chi connectivity index (χ3v) is 5.23. The van der Waals surface area contributed by atoms with Crippen molar-refractivity contribution >= 4 is 11.5 Å². The zero-order chi connectivity index (χ0) is 19.6. The van der Waals surface area contributed by atoms with Gasteiger partial charge in [0, 0.05) is 11.3 Å². The standard InChI is InChI=1S/C20H23N5O2/c1-14-15(2)22-25(20(27)19(14)12-21)13-23-8-10-24(11-9-23)18-6-4-17(5-7-18)16(3)26/h4-7H,8-11,13H2,1-3H3/p+1. The maximum absolute atomic E-state index is 12.4. The monoisotopic (exact) mass is 366 g/mol. The first-order chi connectivity index (χ1) is 12.9. The van der Waals surface area contributed by atoms with Gasteiger partial charge < -0.3 is 9.80 Å². The molecular formula is C20H24N5O2+. The number of carbonyl (C=O) groups excluding carboxylic acids is 1. The summed E-state index contributed by atoms with van der Waals surface area (Å²) in [4.78, 5) is 27.4. The van der Waals surface area contributed by atoms with E-state index in [0.29, 0.717) is 12.2 Å². The van der Waals surface area contributed by atoms with Gasteiger partial charge in [-0.05, 0) is 50.6 Å². The van der Waals surface area contributed by atoms with E-state index in [9.17, 15) is 14.9 Å². The first-order valence-corrected chi connectivity index (χ1v) is 9.08. The van der Waals surface area contributed by atoms with Gasteiger partial charge in [-0.3, -0.25) is 9.59 Å². The second kappa shape index (κ2) is 7.72. The van der Waals surface area contributed by atoms with E-state index in [1.54, 1.807) is 13.8 Å². The molecule has 0 aliphatic carbocycles. The number of nitrogens with one attached hydrogen (secondary N) is 1. The predicted molar refractivity (Wildman–Crippen MR) is 102 cm³/mol. The van der Waals surface area contributed by atoms with Crippen LogP contribution in [-0.2, 0) is 6.67 Å². The second-order valence-electron chi connectivity index (χ2n) is 7.00. The predicted octanol–water partition coefficient (Wildman–Crippen LogP) is 0.297. The molecule has 0 spiro atoms. The van der Waals surface area contributed by atoms with Crippen molar-refractivity contribution in [3.8, 4) is 6.07 Å². The van der Waals surface area contributed by atoms with Crippen LogP contribution in [-0.4, -0.2) is 41.7 Å². The van der Waals surface area contributed by atoms with E-state index < -0.39 is 0 Å². The van der Waals surface area contributed by atoms with E-state index in [1.165, 1.54) is 9.58 Å². The number of quaternary nitrogens is 1. The Labute approximate surface area is 158 Å². The van der Waals surface area contributed by atoms with Gasteiger partial charge in [0.2, 0.25) is 0 Å². The maximum atomic E-state index is 12.4. The van der Waals surface area contributed by atoms with Gasteiger partial charge in [-0.1, -0.05) is 0 Å². The number of anilines is 1. The molecule has 2 aromatic rings. The van der Waals surface area contributed by atoms with E-state index in [-0.39, 0.29) is 16.9 Å². The lowest BCUT2D eigenvalue weighted by Gasteiger charge is -2.33. The number of Topliss-reactive ketones (excluding diaryl/α,β-unsaturated/α-hetero) is 1. The average molecular weight is 366 g/mol. The molecule has 0 radical (unpaired) electrons. The van der Waals surface area contributed by atoms with Crippen molar-refractivity contribution in [3.05, 3.63) is 57.0 Å². The molecule has 27 heavy (non-hydrogen) atoms. The molecule has 0 atom stereocenters. The van der Waals surface area contributed by atoms with Crippen LogP contribution in [0.25, 0.3) is 0 Å². The molecule has 0 unspecified atom stereocenters. The molecule has 0 saturated carbocycles. The molecule has 1 aromatic carbocycles. The molecule has 1 fully saturated rings. The summed E-state index contributed by atoms with van der Waals surface area (Å²) in [5.41, 5.74) is 3.08. The van der Waals surface area contributed by atoms with E-state index in [0.717, 1.165) is 43.1 Å². The van der Waals surface area contributed by atoms with Gasteiger partial charge in [-0.25, -0.2) is 0 Å². The molecule has 1 N–H and O–H groups in total. The Morgan fingerprint density at radius 2 is 1.85 bits per heavy atom. The molecule has 2 heterocycles. The quantitative estimate of drug-likeness (QED) is 0.787. The summed E-state index contributed by atoms with van der Waals surface area (Å²) in [5.74, 6) is 0.0684. The van der Waals surface area contributed by atoms with Gasteiger partial charge >= 0.3 is 0 Å². The molecule has 3 rings (SSSR count). The zero-order valence-corrected chi connectivity index (χ0v) is 16.0. The number of hydrogen-bond donors (Lipinski definition) is 1. The minimum atomic E-state index is -0.310. The fourth-order valence-electron chi connectivity index (χ4n) is 3.37. The summed E-state index contributed by atoms with van der Waals surface area (Å²) in [5, 5.41) is 13.6. The molecule has 7 nitrogen and oxygen atoms in total. The van der Waals surface area contributed by atoms with Crippen molar-refractivity contribution < 1.29 is 9.69 Å². The van der Waals surface area contributed by atoms with Crippen molar-refractivity contribution in [2.45, 2.75) is 27.4 Å². The van der Waals surface area contributed by atoms with Crippen molar-refractivity contribution in [2.75, 3.05) is 31.1 Å². The number of aryl methyl sites for hydroxylation is 1. The van der Waals surface area contributed by atoms with Crippen LogP contribution in [0.2, 0.25) is 0 Å². The number of aromatic nitrogens is 2. The molecule has 0 amide bonds. The highest BCUT2D eigenvalue weighted by molar-refractivity contribution is 5.94. The summed E-state index contributed by atoms with van der Waals surface area (Å²) < 4.78 is 1.42. The highest BCUT2D eigenvalue weighted by Gasteiger charge is 2.22. The highest BCUT2D eigenvalue weighted by Crippen LogP contribution is 2.15. The Bertz CT molecular complexity index is 948. The van der Waals surface area contributed by atoms with Gasteiger partial charge in [-0.15, -0.1) is 0 Å². The number of nitriles is 1. The van der Waals surface area contributed by atoms with Crippen LogP contribution in [0.15, 0.2) is 29.1 Å². The van der Waals surface area contributed by atoms with Crippen LogP contribution in [0, 0.1) is 25.2 Å². The third kappa shape index (κ3) is 3.91. The Kier molecular flexibility index (Phi) is 5.38. The smallest absolute Gasteiger partial charge is 0.289 e. The lowest BCUT2D eigenvalue weighted by Crippen LogP contribution is -3.14. The van der Waals surface area contributed by atoms with Crippen LogP contribution in [0.1, 0.15) is 34.1 Å². The first-order valence-electron chi connectivity index (χ1n) is 9.08. The molecule has 1 aliphatic rings. The normalized spacial score (nSPS) is 14.8. The number of benzene rings is 1. The topological polar surface area (TPSA) is 83.4 Å². The van der Waals surface area contributed by atoms with E-state index in [4.69, 9.17) is 0 Å². The average Bonchev–Trinajstić information content (AvgIpc) is 2.67. The van der Waals surface area contributed by atoms with Gasteiger partial charge in [-0.2, -0.15) is 15.0 Å². The lowest BCUT2D eigenvalue weighted by atomic mass is 10.1. The number of rotatable bonds is 4. The summed E-state index contributed by atoms with van der Waals surface area (Å²) in [6.07, 6.45) is 0. The fourth-order valence-corrected chi connectivity index (χ4v) is 3.37. The van der Waals surface area contributed by atoms with Crippen molar-refractivity contribution in [2.24, 2.45) is 0 Å². The maximum Gasteiger partial charge on any atom is 0.289 e. The highest BCUT2D eigenvalue weighted by atomic mass is 16.1. The molecule has 7 heteroatoms. The van der Waals surface area contributed by atoms with E-state index >= 15 is 0 Å². The third-order valence-electron chi connectivity index (χ3n) is 5.23. The summed E-state index contributed by atoms with van der Waals surface area (Å²) >= 11 is 0. The molecular weight excluding hydrogens is 342 g/mol. The fraction of sp³-hybridized carbons (Fsp3) is 0.400.